The van der Waals surface area contributed by atoms with E-state index in [1.165, 1.54) is 26.4 Å². The Morgan fingerprint density at radius 2 is 1.92 bits per heavy atom. The Morgan fingerprint density at radius 3 is 2.59 bits per heavy atom. The fourth-order valence-corrected chi connectivity index (χ4v) is 6.42. The zero-order valence-electron chi connectivity index (χ0n) is 22.0. The third-order valence-electron chi connectivity index (χ3n) is 7.12. The molecule has 2 aromatic rings. The van der Waals surface area contributed by atoms with Gasteiger partial charge < -0.3 is 19.9 Å². The van der Waals surface area contributed by atoms with E-state index in [1.807, 2.05) is 48.6 Å². The number of amides is 2. The topological polar surface area (TPSA) is 132 Å². The van der Waals surface area contributed by atoms with Crippen molar-refractivity contribution in [3.8, 4) is 0 Å². The molecule has 1 aromatic heterocycles. The van der Waals surface area contributed by atoms with Crippen LogP contribution in [0.1, 0.15) is 73.2 Å². The molecule has 39 heavy (non-hydrogen) atoms. The fourth-order valence-electron chi connectivity index (χ4n) is 5.04. The van der Waals surface area contributed by atoms with Gasteiger partial charge in [0.05, 0.1) is 18.8 Å². The molecule has 2 amide bonds. The Morgan fingerprint density at radius 1 is 1.15 bits per heavy atom. The number of methoxy groups -OCH3 is 1. The first kappa shape index (κ1) is 29.1. The number of allylic oxidation sites excluding steroid dienone is 1. The van der Waals surface area contributed by atoms with Crippen molar-refractivity contribution in [2.45, 2.75) is 75.4 Å². The molecule has 0 saturated heterocycles. The Bertz CT molecular complexity index is 1190. The van der Waals surface area contributed by atoms with E-state index in [-0.39, 0.29) is 11.9 Å². The van der Waals surface area contributed by atoms with Gasteiger partial charge >= 0.3 is 6.09 Å². The van der Waals surface area contributed by atoms with Crippen LogP contribution in [-0.2, 0) is 27.2 Å². The van der Waals surface area contributed by atoms with Crippen molar-refractivity contribution >= 4 is 34.6 Å². The third kappa shape index (κ3) is 8.82. The summed E-state index contributed by atoms with van der Waals surface area (Å²) >= 11 is -0.800. The number of benzene rings is 1. The van der Waals surface area contributed by atoms with Gasteiger partial charge in [0.2, 0.25) is 5.91 Å². The highest BCUT2D eigenvalue weighted by atomic mass is 32.2. The molecular weight excluding hydrogens is 536 g/mol. The highest BCUT2D eigenvalue weighted by Gasteiger charge is 2.28. The Balaban J connectivity index is 1.53. The lowest BCUT2D eigenvalue weighted by molar-refractivity contribution is -0.123. The lowest BCUT2D eigenvalue weighted by atomic mass is 9.87. The lowest BCUT2D eigenvalue weighted by Gasteiger charge is -2.24. The first-order valence-electron chi connectivity index (χ1n) is 13.3. The van der Waals surface area contributed by atoms with E-state index in [4.69, 9.17) is 9.72 Å². The molecule has 1 fully saturated rings. The van der Waals surface area contributed by atoms with Crippen LogP contribution in [0.3, 0.4) is 0 Å². The molecule has 210 valence electrons. The minimum atomic E-state index is -2.34. The van der Waals surface area contributed by atoms with Gasteiger partial charge in [-0.05, 0) is 36.8 Å². The summed E-state index contributed by atoms with van der Waals surface area (Å²) in [6, 6.07) is 7.95. The predicted molar refractivity (Wildman–Crippen MR) is 151 cm³/mol. The second kappa shape index (κ2) is 14.5. The number of carbonyl (C=O) groups excluding carboxylic acids is 2. The number of hydrogen-bond donors (Lipinski definition) is 3. The van der Waals surface area contributed by atoms with Crippen molar-refractivity contribution in [2.24, 2.45) is 0 Å². The molecule has 2 aliphatic carbocycles. The molecule has 0 aliphatic heterocycles. The van der Waals surface area contributed by atoms with Crippen molar-refractivity contribution in [3.05, 3.63) is 75.8 Å². The lowest BCUT2D eigenvalue weighted by Crippen LogP contribution is -2.49. The van der Waals surface area contributed by atoms with Crippen LogP contribution < -0.4 is 15.4 Å². The normalized spacial score (nSPS) is 19.9. The van der Waals surface area contributed by atoms with Gasteiger partial charge in [0.1, 0.15) is 11.0 Å². The third-order valence-corrected chi connectivity index (χ3v) is 8.59. The van der Waals surface area contributed by atoms with Crippen LogP contribution in [0.15, 0.2) is 59.5 Å². The number of aromatic nitrogens is 1. The quantitative estimate of drug-likeness (QED) is 0.344. The molecule has 9 nitrogen and oxygen atoms in total. The van der Waals surface area contributed by atoms with Crippen molar-refractivity contribution < 1.29 is 23.1 Å². The van der Waals surface area contributed by atoms with Gasteiger partial charge in [-0.1, -0.05) is 67.8 Å². The number of carbonyl (C=O) groups is 2. The number of rotatable bonds is 11. The highest BCUT2D eigenvalue weighted by Crippen LogP contribution is 2.35. The second-order valence-corrected chi connectivity index (χ2v) is 11.5. The maximum Gasteiger partial charge on any atom is 0.407 e. The SMILES string of the molecule is COC(=O)N[C@@H](Cc1ccccc1)C(=O)N[C@@H](CC1=CCC(NS(=O)[O-])C=C1)c1nc(C2CCCCC2)cs1. The monoisotopic (exact) mass is 571 g/mol. The van der Waals surface area contributed by atoms with Gasteiger partial charge in [-0.3, -0.25) is 9.00 Å². The smallest absolute Gasteiger partial charge is 0.407 e. The van der Waals surface area contributed by atoms with Crippen LogP contribution in [0, 0.1) is 0 Å². The Kier molecular flexibility index (Phi) is 10.8. The average molecular weight is 572 g/mol. The van der Waals surface area contributed by atoms with Gasteiger partial charge in [0.25, 0.3) is 0 Å². The van der Waals surface area contributed by atoms with Crippen LogP contribution in [0.2, 0.25) is 0 Å². The second-order valence-electron chi connectivity index (χ2n) is 9.92. The first-order valence-corrected chi connectivity index (χ1v) is 15.2. The fraction of sp³-hybridized carbons (Fsp3) is 0.464. The van der Waals surface area contributed by atoms with Crippen LogP contribution in [0.5, 0.6) is 0 Å². The maximum absolute atomic E-state index is 13.6. The van der Waals surface area contributed by atoms with E-state index < -0.39 is 29.4 Å². The standard InChI is InChI=1S/C28H36N4O5S2/c1-37-28(34)31-23(16-19-8-4-2-5-9-19)26(33)29-24(17-20-12-14-22(15-13-20)32-39(35)36)27-30-25(18-38-27)21-10-6-3-7-11-21/h2,4-5,8-9,12-14,18,21-24,32H,3,6-7,10-11,15-17H2,1H3,(H,29,33)(H,31,34)(H,35,36)/p-1/t22?,23-,24-/m0/s1. The molecule has 2 aliphatic rings. The molecule has 1 heterocycles. The summed E-state index contributed by atoms with van der Waals surface area (Å²) in [6.07, 6.45) is 12.3. The van der Waals surface area contributed by atoms with Gasteiger partial charge in [0.15, 0.2) is 0 Å². The minimum absolute atomic E-state index is 0.294. The number of alkyl carbamates (subject to hydrolysis) is 1. The summed E-state index contributed by atoms with van der Waals surface area (Å²) in [4.78, 5) is 30.6. The Labute approximate surface area is 235 Å². The Hall–Kier alpha value is -2.86. The number of nitrogens with zero attached hydrogens (tertiary/aromatic N) is 1. The summed E-state index contributed by atoms with van der Waals surface area (Å²) in [5.74, 6) is 0.117. The summed E-state index contributed by atoms with van der Waals surface area (Å²) in [6.45, 7) is 0. The maximum atomic E-state index is 13.6. The van der Waals surface area contributed by atoms with Crippen LogP contribution in [0.25, 0.3) is 0 Å². The van der Waals surface area contributed by atoms with Gasteiger partial charge in [0, 0.05) is 35.0 Å². The van der Waals surface area contributed by atoms with E-state index in [2.05, 4.69) is 20.7 Å². The molecule has 2 unspecified atom stereocenters. The molecular formula is C28H35N4O5S2-. The van der Waals surface area contributed by atoms with E-state index in [1.54, 1.807) is 11.3 Å². The largest absolute Gasteiger partial charge is 0.760 e. The zero-order valence-corrected chi connectivity index (χ0v) is 23.6. The molecule has 0 spiro atoms. The van der Waals surface area contributed by atoms with E-state index in [0.717, 1.165) is 34.7 Å². The van der Waals surface area contributed by atoms with Gasteiger partial charge in [-0.25, -0.2) is 14.5 Å². The van der Waals surface area contributed by atoms with E-state index in [9.17, 15) is 18.4 Å². The first-order chi connectivity index (χ1) is 18.9. The van der Waals surface area contributed by atoms with Crippen molar-refractivity contribution in [1.29, 1.82) is 0 Å². The number of ether oxygens (including phenoxy) is 1. The van der Waals surface area contributed by atoms with Crippen molar-refractivity contribution in [3.63, 3.8) is 0 Å². The summed E-state index contributed by atoms with van der Waals surface area (Å²) in [7, 11) is 1.27. The van der Waals surface area contributed by atoms with Crippen molar-refractivity contribution in [1.82, 2.24) is 20.3 Å². The number of thiazole rings is 1. The van der Waals surface area contributed by atoms with Crippen molar-refractivity contribution in [2.75, 3.05) is 7.11 Å². The minimum Gasteiger partial charge on any atom is -0.760 e. The summed E-state index contributed by atoms with van der Waals surface area (Å²) < 4.78 is 29.3. The van der Waals surface area contributed by atoms with Gasteiger partial charge in [-0.2, -0.15) is 0 Å². The molecule has 0 bridgehead atoms. The molecule has 3 N–H and O–H groups in total. The molecule has 11 heteroatoms. The zero-order chi connectivity index (χ0) is 27.6. The summed E-state index contributed by atoms with van der Waals surface area (Å²) in [5, 5.41) is 8.73. The molecule has 4 atom stereocenters. The molecule has 4 rings (SSSR count). The predicted octanol–water partition coefficient (Wildman–Crippen LogP) is 4.34. The van der Waals surface area contributed by atoms with Crippen LogP contribution >= 0.6 is 11.3 Å². The number of nitrogens with one attached hydrogen (secondary N) is 3. The van der Waals surface area contributed by atoms with Crippen LogP contribution in [0.4, 0.5) is 4.79 Å². The van der Waals surface area contributed by atoms with E-state index in [0.29, 0.717) is 25.2 Å². The van der Waals surface area contributed by atoms with E-state index >= 15 is 0 Å². The van der Waals surface area contributed by atoms with Gasteiger partial charge in [-0.15, -0.1) is 11.3 Å². The molecule has 0 radical (unpaired) electrons. The van der Waals surface area contributed by atoms with Crippen LogP contribution in [-0.4, -0.2) is 44.9 Å². The highest BCUT2D eigenvalue weighted by molar-refractivity contribution is 7.77. The average Bonchev–Trinajstić information content (AvgIpc) is 3.44. The molecule has 1 aromatic carbocycles. The number of hydrogen-bond acceptors (Lipinski definition) is 7. The summed E-state index contributed by atoms with van der Waals surface area (Å²) in [5.41, 5.74) is 2.97. The molecule has 1 saturated carbocycles.